The summed E-state index contributed by atoms with van der Waals surface area (Å²) in [7, 11) is 0. The van der Waals surface area contributed by atoms with E-state index in [-0.39, 0.29) is 26.2 Å². The van der Waals surface area contributed by atoms with Crippen LogP contribution in [0.5, 0.6) is 0 Å². The number of hydrogen-bond donors (Lipinski definition) is 1. The first-order chi connectivity index (χ1) is 1.41. The van der Waals surface area contributed by atoms with Gasteiger partial charge in [-0.1, -0.05) is 0 Å². The van der Waals surface area contributed by atoms with Crippen LogP contribution in [0.3, 0.4) is 0 Å². The monoisotopic (exact) mass is 252 g/mol. The summed E-state index contributed by atoms with van der Waals surface area (Å²) in [5.41, 5.74) is 0. The molecule has 4 heavy (non-hydrogen) atoms. The van der Waals surface area contributed by atoms with Crippen LogP contribution in [-0.4, -0.2) is 32.3 Å². The van der Waals surface area contributed by atoms with Crippen LogP contribution in [0, 0.1) is 5.41 Å². The first-order valence-corrected chi connectivity index (χ1v) is 0.454. The van der Waals surface area contributed by atoms with Crippen molar-refractivity contribution in [2.75, 3.05) is 0 Å². The predicted octanol–water partition coefficient (Wildman–Crippen LogP) is -0.480. The zero-order valence-electron chi connectivity index (χ0n) is 1.86. The molecule has 0 fully saturated rings. The Morgan fingerprint density at radius 1 is 1.75 bits per heavy atom. The van der Waals surface area contributed by atoms with Crippen molar-refractivity contribution >= 4 is 32.3 Å². The van der Waals surface area contributed by atoms with Crippen LogP contribution >= 0.6 is 0 Å². The van der Waals surface area contributed by atoms with Gasteiger partial charge in [0, 0.05) is 26.2 Å². The maximum atomic E-state index is 8.35. The molecule has 3 radical (unpaired) electrons. The van der Waals surface area contributed by atoms with Crippen molar-refractivity contribution in [3.8, 4) is 0 Å². The van der Waals surface area contributed by atoms with E-state index >= 15 is 0 Å². The molecule has 0 aliphatic rings. The van der Waals surface area contributed by atoms with E-state index in [1.165, 1.54) is 0 Å². The fourth-order valence-electron chi connectivity index (χ4n) is 0. The molecule has 1 N–H and O–H groups in total. The van der Waals surface area contributed by atoms with Gasteiger partial charge in [0.05, 0.1) is 0 Å². The van der Waals surface area contributed by atoms with Crippen LogP contribution in [0.4, 0.5) is 0 Å². The number of rotatable bonds is 0. The van der Waals surface area contributed by atoms with Crippen molar-refractivity contribution in [3.63, 3.8) is 0 Å². The third-order valence-electron chi connectivity index (χ3n) is 0. The minimum absolute atomic E-state index is 0. The summed E-state index contributed by atoms with van der Waals surface area (Å²) in [6.45, 7) is 0. The Kier molecular flexibility index (Phi) is 23.2. The van der Waals surface area contributed by atoms with Crippen LogP contribution in [0.25, 0.3) is 0 Å². The van der Waals surface area contributed by atoms with Gasteiger partial charge in [0.2, 0.25) is 6.08 Å². The second-order valence-corrected chi connectivity index (χ2v) is 0.102. The van der Waals surface area contributed by atoms with Gasteiger partial charge in [-0.25, -0.2) is 10.2 Å². The van der Waals surface area contributed by atoms with Gasteiger partial charge < -0.3 is 0 Å². The third kappa shape index (κ3) is 52.2. The van der Waals surface area contributed by atoms with E-state index in [2.05, 4.69) is 0 Å². The number of isocyanates is 1. The second-order valence-electron chi connectivity index (χ2n) is 0.102. The Bertz CT molecular complexity index is 29.0. The molecule has 0 aromatic rings. The largest absolute Gasteiger partial charge is 0.231 e. The van der Waals surface area contributed by atoms with Gasteiger partial charge >= 0.3 is 0 Å². The molecule has 0 spiro atoms. The molecule has 0 amide bonds. The van der Waals surface area contributed by atoms with E-state index in [1.807, 2.05) is 0 Å². The number of nitrogens with one attached hydrogen (secondary N) is 1. The average Bonchev–Trinajstić information content (AvgIpc) is 0.918. The Hall–Kier alpha value is 0.263. The molecule has 0 bridgehead atoms. The topological polar surface area (TPSA) is 40.9 Å². The van der Waals surface area contributed by atoms with Crippen molar-refractivity contribution in [2.45, 2.75) is 0 Å². The summed E-state index contributed by atoms with van der Waals surface area (Å²) in [5.74, 6) is 0. The van der Waals surface area contributed by atoms with Gasteiger partial charge in [-0.3, -0.25) is 0 Å². The van der Waals surface area contributed by atoms with Gasteiger partial charge in [0.15, 0.2) is 0 Å². The van der Waals surface area contributed by atoms with Gasteiger partial charge in [-0.2, -0.15) is 0 Å². The Morgan fingerprint density at radius 3 is 1.75 bits per heavy atom. The first kappa shape index (κ1) is 8.86. The zero-order valence-corrected chi connectivity index (χ0v) is 5.33. The van der Waals surface area contributed by atoms with E-state index in [0.29, 0.717) is 0 Å². The molecule has 0 aliphatic carbocycles. The second kappa shape index (κ2) is 10.5. The van der Waals surface area contributed by atoms with Crippen LogP contribution in [0.15, 0.2) is 0 Å². The Morgan fingerprint density at radius 2 is 1.75 bits per heavy atom. The van der Waals surface area contributed by atoms with Crippen molar-refractivity contribution in [1.82, 2.24) is 0 Å². The fourth-order valence-corrected chi connectivity index (χ4v) is 0. The summed E-state index contributed by atoms with van der Waals surface area (Å²) in [5, 5.41) is 5.40. The molecule has 0 rings (SSSR count). The van der Waals surface area contributed by atoms with Crippen LogP contribution in [-0.2, 0) is 4.79 Å². The van der Waals surface area contributed by atoms with E-state index in [4.69, 9.17) is 10.2 Å². The SMILES string of the molecule is N=C=O.[Bi]. The standard InChI is InChI=1S/CHNO.Bi/c2-1-3;/h2H;. The zero-order chi connectivity index (χ0) is 2.71. The van der Waals surface area contributed by atoms with Crippen LogP contribution in [0.2, 0.25) is 0 Å². The van der Waals surface area contributed by atoms with Crippen LogP contribution < -0.4 is 0 Å². The molecular weight excluding hydrogens is 251 g/mol. The van der Waals surface area contributed by atoms with Gasteiger partial charge in [-0.15, -0.1) is 0 Å². The summed E-state index contributed by atoms with van der Waals surface area (Å²) < 4.78 is 0. The quantitative estimate of drug-likeness (QED) is 0.353. The molecule has 0 atom stereocenters. The molecule has 0 aliphatic heterocycles. The van der Waals surface area contributed by atoms with E-state index in [0.717, 1.165) is 6.08 Å². The molecule has 3 heteroatoms. The van der Waals surface area contributed by atoms with Gasteiger partial charge in [-0.05, 0) is 0 Å². The summed E-state index contributed by atoms with van der Waals surface area (Å²) >= 11 is 0. The molecule has 0 heterocycles. The van der Waals surface area contributed by atoms with Gasteiger partial charge in [0.1, 0.15) is 0 Å². The minimum atomic E-state index is 0. The molecule has 0 saturated heterocycles. The molecule has 21 valence electrons. The Balaban J connectivity index is 0. The van der Waals surface area contributed by atoms with Crippen molar-refractivity contribution in [2.24, 2.45) is 0 Å². The summed E-state index contributed by atoms with van der Waals surface area (Å²) in [4.78, 5) is 8.35. The van der Waals surface area contributed by atoms with Crippen molar-refractivity contribution in [3.05, 3.63) is 0 Å². The third-order valence-corrected chi connectivity index (χ3v) is 0. The molecule has 0 saturated carbocycles. The number of hydrogen-bond acceptors (Lipinski definition) is 2. The fraction of sp³-hybridized carbons (Fsp3) is 0. The van der Waals surface area contributed by atoms with Gasteiger partial charge in [0.25, 0.3) is 0 Å². The van der Waals surface area contributed by atoms with E-state index in [9.17, 15) is 0 Å². The normalized spacial score (nSPS) is 2.00. The molecule has 0 unspecified atom stereocenters. The molecule has 2 nitrogen and oxygen atoms in total. The smallest absolute Gasteiger partial charge is 0.222 e. The number of carbonyl (C=O) groups excluding carboxylic acids is 1. The van der Waals surface area contributed by atoms with E-state index < -0.39 is 0 Å². The average molecular weight is 252 g/mol. The van der Waals surface area contributed by atoms with Crippen molar-refractivity contribution < 1.29 is 4.79 Å². The minimum Gasteiger partial charge on any atom is -0.222 e. The predicted molar refractivity (Wildman–Crippen MR) is 14.2 cm³/mol. The van der Waals surface area contributed by atoms with Crippen LogP contribution in [0.1, 0.15) is 0 Å². The molecular formula is CHBiNO. The van der Waals surface area contributed by atoms with E-state index in [1.54, 1.807) is 0 Å². The maximum Gasteiger partial charge on any atom is 0.231 e. The molecule has 0 aromatic heterocycles. The maximum absolute atomic E-state index is 8.35. The molecule has 0 aromatic carbocycles. The van der Waals surface area contributed by atoms with Crippen molar-refractivity contribution in [1.29, 1.82) is 5.41 Å². The Labute approximate surface area is 42.8 Å². The summed E-state index contributed by atoms with van der Waals surface area (Å²) in [6, 6.07) is 0. The first-order valence-electron chi connectivity index (χ1n) is 0.454. The summed E-state index contributed by atoms with van der Waals surface area (Å²) in [6.07, 6.45) is 0.750.